The van der Waals surface area contributed by atoms with Crippen LogP contribution in [0.5, 0.6) is 0 Å². The van der Waals surface area contributed by atoms with Gasteiger partial charge in [0.1, 0.15) is 5.84 Å². The summed E-state index contributed by atoms with van der Waals surface area (Å²) in [6.45, 7) is 3.13. The number of rotatable bonds is 3. The van der Waals surface area contributed by atoms with Gasteiger partial charge in [0, 0.05) is 68.1 Å². The van der Waals surface area contributed by atoms with E-state index >= 15 is 0 Å². The molecular weight excluding hydrogens is 392 g/mol. The lowest BCUT2D eigenvalue weighted by atomic mass is 9.87. The average Bonchev–Trinajstić information content (AvgIpc) is 3.20. The minimum absolute atomic E-state index is 0.00824. The Bertz CT molecular complexity index is 1080. The van der Waals surface area contributed by atoms with Crippen molar-refractivity contribution in [1.82, 2.24) is 14.7 Å². The van der Waals surface area contributed by atoms with E-state index in [2.05, 4.69) is 11.2 Å². The number of aliphatic hydroxyl groups excluding tert-OH is 1. The van der Waals surface area contributed by atoms with E-state index in [0.29, 0.717) is 43.2 Å². The normalized spacial score (nSPS) is 19.1. The molecule has 2 aliphatic heterocycles. The Labute approximate surface area is 181 Å². The zero-order valence-electron chi connectivity index (χ0n) is 17.9. The van der Waals surface area contributed by atoms with Crippen LogP contribution < -0.4 is 10.6 Å². The van der Waals surface area contributed by atoms with Crippen molar-refractivity contribution in [2.75, 3.05) is 24.5 Å². The number of hydrogen-bond donors (Lipinski definition) is 3. The van der Waals surface area contributed by atoms with Crippen LogP contribution >= 0.6 is 0 Å². The van der Waals surface area contributed by atoms with E-state index in [1.807, 2.05) is 36.5 Å². The van der Waals surface area contributed by atoms with Gasteiger partial charge >= 0.3 is 0 Å². The first-order valence-corrected chi connectivity index (χ1v) is 10.4. The fourth-order valence-electron chi connectivity index (χ4n) is 4.36. The summed E-state index contributed by atoms with van der Waals surface area (Å²) in [5.74, 6) is 0.378. The molecule has 4 N–H and O–H groups in total. The molecule has 3 heterocycles. The lowest BCUT2D eigenvalue weighted by Gasteiger charge is -2.38. The van der Waals surface area contributed by atoms with Crippen LogP contribution in [-0.2, 0) is 11.8 Å². The maximum absolute atomic E-state index is 11.9. The van der Waals surface area contributed by atoms with Crippen molar-refractivity contribution >= 4 is 17.4 Å². The average molecular weight is 421 g/mol. The number of carbonyl (C=O) groups is 1. The number of aromatic nitrogens is 2. The SMILES string of the molecule is CC(=O)N1CCC(N)=C(C(=N)N2CCC(/C=C/O)c3cc(-c4cnn(C)c4)ccc32)C1. The minimum atomic E-state index is -0.00824. The van der Waals surface area contributed by atoms with Crippen LogP contribution in [0.4, 0.5) is 5.69 Å². The Morgan fingerprint density at radius 1 is 1.32 bits per heavy atom. The minimum Gasteiger partial charge on any atom is -0.516 e. The van der Waals surface area contributed by atoms with Crippen molar-refractivity contribution in [2.24, 2.45) is 12.8 Å². The Balaban J connectivity index is 1.72. The summed E-state index contributed by atoms with van der Waals surface area (Å²) in [6.07, 6.45) is 8.01. The molecular formula is C23H28N6O2. The third-order valence-corrected chi connectivity index (χ3v) is 6.13. The van der Waals surface area contributed by atoms with E-state index in [-0.39, 0.29) is 11.8 Å². The number of benzene rings is 1. The molecule has 2 aromatic rings. The highest BCUT2D eigenvalue weighted by atomic mass is 16.2. The van der Waals surface area contributed by atoms with Crippen molar-refractivity contribution < 1.29 is 9.90 Å². The van der Waals surface area contributed by atoms with Crippen LogP contribution in [0.1, 0.15) is 31.2 Å². The zero-order chi connectivity index (χ0) is 22.1. The highest BCUT2D eigenvalue weighted by molar-refractivity contribution is 6.09. The number of hydrogen-bond acceptors (Lipinski definition) is 5. The maximum atomic E-state index is 11.9. The number of nitrogens with two attached hydrogens (primary N) is 1. The van der Waals surface area contributed by atoms with Crippen LogP contribution in [-0.4, -0.2) is 51.2 Å². The molecule has 0 spiro atoms. The number of nitrogens with one attached hydrogen (secondary N) is 1. The molecule has 1 aromatic heterocycles. The molecule has 0 saturated carbocycles. The summed E-state index contributed by atoms with van der Waals surface area (Å²) in [7, 11) is 1.88. The van der Waals surface area contributed by atoms with Gasteiger partial charge in [-0.3, -0.25) is 14.9 Å². The topological polar surface area (TPSA) is 111 Å². The Morgan fingerprint density at radius 3 is 2.81 bits per heavy atom. The number of fused-ring (bicyclic) bond motifs is 1. The number of aliphatic hydroxyl groups is 1. The molecule has 2 aliphatic rings. The summed E-state index contributed by atoms with van der Waals surface area (Å²) in [5, 5.41) is 22.6. The van der Waals surface area contributed by atoms with Gasteiger partial charge in [0.2, 0.25) is 5.91 Å². The second-order valence-corrected chi connectivity index (χ2v) is 8.11. The molecule has 8 heteroatoms. The van der Waals surface area contributed by atoms with Crippen molar-refractivity contribution in [3.63, 3.8) is 0 Å². The molecule has 0 radical (unpaired) electrons. The zero-order valence-corrected chi connectivity index (χ0v) is 17.9. The first kappa shape index (κ1) is 20.7. The van der Waals surface area contributed by atoms with E-state index < -0.39 is 0 Å². The molecule has 1 atom stereocenters. The van der Waals surface area contributed by atoms with Gasteiger partial charge in [-0.25, -0.2) is 0 Å². The van der Waals surface area contributed by atoms with Crippen molar-refractivity contribution in [3.05, 3.63) is 59.8 Å². The van der Waals surface area contributed by atoms with E-state index in [0.717, 1.165) is 35.1 Å². The van der Waals surface area contributed by atoms with Crippen LogP contribution in [0.15, 0.2) is 54.2 Å². The summed E-state index contributed by atoms with van der Waals surface area (Å²) in [6, 6.07) is 6.16. The van der Waals surface area contributed by atoms with E-state index in [1.54, 1.807) is 22.6 Å². The predicted octanol–water partition coefficient (Wildman–Crippen LogP) is 2.89. The van der Waals surface area contributed by atoms with Gasteiger partial charge in [-0.2, -0.15) is 5.10 Å². The van der Waals surface area contributed by atoms with Crippen LogP contribution in [0.2, 0.25) is 0 Å². The number of carbonyl (C=O) groups excluding carboxylic acids is 1. The molecule has 1 aromatic carbocycles. The van der Waals surface area contributed by atoms with Gasteiger partial charge in [0.25, 0.3) is 0 Å². The lowest BCUT2D eigenvalue weighted by molar-refractivity contribution is -0.128. The standard InChI is InChI=1S/C23H28N6O2/c1-15(31)28-8-6-21(24)20(14-28)23(25)29-9-5-16(7-10-30)19-11-17(3-4-22(19)29)18-12-26-27(2)13-18/h3-4,7,10-13,16,25,30H,5-6,8-9,14,24H2,1-2H3/b10-7+,25-23?. The van der Waals surface area contributed by atoms with Crippen LogP contribution in [0.3, 0.4) is 0 Å². The quantitative estimate of drug-likeness (QED) is 0.402. The molecule has 0 bridgehead atoms. The molecule has 8 nitrogen and oxygen atoms in total. The maximum Gasteiger partial charge on any atom is 0.219 e. The molecule has 4 rings (SSSR count). The van der Waals surface area contributed by atoms with Crippen LogP contribution in [0.25, 0.3) is 11.1 Å². The Morgan fingerprint density at radius 2 is 2.13 bits per heavy atom. The van der Waals surface area contributed by atoms with Gasteiger partial charge in [0.15, 0.2) is 0 Å². The third-order valence-electron chi connectivity index (χ3n) is 6.13. The summed E-state index contributed by atoms with van der Waals surface area (Å²) >= 11 is 0. The number of aryl methyl sites for hydroxylation is 1. The highest BCUT2D eigenvalue weighted by Gasteiger charge is 2.31. The molecule has 1 amide bonds. The fraction of sp³-hybridized carbons (Fsp3) is 0.348. The third kappa shape index (κ3) is 3.93. The van der Waals surface area contributed by atoms with Crippen molar-refractivity contribution in [1.29, 1.82) is 5.41 Å². The molecule has 0 aliphatic carbocycles. The number of anilines is 1. The Kier molecular flexibility index (Phi) is 5.54. The highest BCUT2D eigenvalue weighted by Crippen LogP contribution is 2.39. The monoisotopic (exact) mass is 420 g/mol. The van der Waals surface area contributed by atoms with E-state index in [1.165, 1.54) is 0 Å². The largest absolute Gasteiger partial charge is 0.516 e. The first-order valence-electron chi connectivity index (χ1n) is 10.4. The molecule has 0 fully saturated rings. The number of amides is 1. The van der Waals surface area contributed by atoms with Gasteiger partial charge in [-0.1, -0.05) is 6.07 Å². The number of nitrogens with zero attached hydrogens (tertiary/aromatic N) is 4. The van der Waals surface area contributed by atoms with Gasteiger partial charge < -0.3 is 20.6 Å². The lowest BCUT2D eigenvalue weighted by Crippen LogP contribution is -2.44. The van der Waals surface area contributed by atoms with Crippen LogP contribution in [0, 0.1) is 5.41 Å². The molecule has 31 heavy (non-hydrogen) atoms. The number of amidine groups is 1. The predicted molar refractivity (Wildman–Crippen MR) is 121 cm³/mol. The van der Waals surface area contributed by atoms with Gasteiger partial charge in [-0.15, -0.1) is 0 Å². The van der Waals surface area contributed by atoms with E-state index in [9.17, 15) is 9.90 Å². The second kappa shape index (κ2) is 8.29. The van der Waals surface area contributed by atoms with Gasteiger partial charge in [0.05, 0.1) is 19.0 Å². The summed E-state index contributed by atoms with van der Waals surface area (Å²) in [5.41, 5.74) is 11.7. The first-order chi connectivity index (χ1) is 14.9. The Hall–Kier alpha value is -3.55. The molecule has 0 saturated heterocycles. The fourth-order valence-corrected chi connectivity index (χ4v) is 4.36. The molecule has 1 unspecified atom stereocenters. The smallest absolute Gasteiger partial charge is 0.219 e. The van der Waals surface area contributed by atoms with E-state index in [4.69, 9.17) is 11.1 Å². The van der Waals surface area contributed by atoms with Crippen molar-refractivity contribution in [2.45, 2.75) is 25.7 Å². The molecule has 162 valence electrons. The van der Waals surface area contributed by atoms with Gasteiger partial charge in [-0.05, 0) is 35.8 Å². The second-order valence-electron chi connectivity index (χ2n) is 8.11. The van der Waals surface area contributed by atoms with Crippen molar-refractivity contribution in [3.8, 4) is 11.1 Å². The summed E-state index contributed by atoms with van der Waals surface area (Å²) < 4.78 is 1.76. The summed E-state index contributed by atoms with van der Waals surface area (Å²) in [4.78, 5) is 15.6. The number of allylic oxidation sites excluding steroid dienone is 1.